The fourth-order valence-electron chi connectivity index (χ4n) is 0.601. The maximum atomic E-state index is 8.16. The Hall–Kier alpha value is -1.26. The molecule has 1 rings (SSSR count). The SMILES string of the molecule is OOc1ccccc1OO. The van der Waals surface area contributed by atoms with Crippen molar-refractivity contribution in [1.29, 1.82) is 0 Å². The van der Waals surface area contributed by atoms with Crippen molar-refractivity contribution in [3.05, 3.63) is 24.3 Å². The maximum absolute atomic E-state index is 8.16. The van der Waals surface area contributed by atoms with E-state index in [2.05, 4.69) is 9.78 Å². The zero-order valence-corrected chi connectivity index (χ0v) is 5.02. The van der Waals surface area contributed by atoms with Gasteiger partial charge in [0.25, 0.3) is 0 Å². The van der Waals surface area contributed by atoms with Crippen molar-refractivity contribution in [2.24, 2.45) is 0 Å². The highest BCUT2D eigenvalue weighted by Gasteiger charge is 2.01. The molecule has 0 aliphatic rings. The number of para-hydroxylation sites is 2. The zero-order valence-electron chi connectivity index (χ0n) is 5.02. The van der Waals surface area contributed by atoms with Crippen LogP contribution in [0.25, 0.3) is 0 Å². The van der Waals surface area contributed by atoms with Crippen LogP contribution in [0.4, 0.5) is 0 Å². The zero-order chi connectivity index (χ0) is 7.40. The molecular formula is C6H6O4. The van der Waals surface area contributed by atoms with Crippen molar-refractivity contribution in [2.45, 2.75) is 0 Å². The number of hydrogen-bond donors (Lipinski definition) is 2. The average molecular weight is 142 g/mol. The van der Waals surface area contributed by atoms with Gasteiger partial charge in [-0.3, -0.25) is 0 Å². The Labute approximate surface area is 57.1 Å². The molecule has 0 radical (unpaired) electrons. The van der Waals surface area contributed by atoms with E-state index in [1.807, 2.05) is 0 Å². The second-order valence-corrected chi connectivity index (χ2v) is 1.63. The van der Waals surface area contributed by atoms with Gasteiger partial charge in [-0.1, -0.05) is 12.1 Å². The quantitative estimate of drug-likeness (QED) is 0.484. The highest BCUT2D eigenvalue weighted by Crippen LogP contribution is 2.24. The summed E-state index contributed by atoms with van der Waals surface area (Å²) in [5.74, 6) is 0.148. The third-order valence-corrected chi connectivity index (χ3v) is 1.05. The molecule has 0 aromatic heterocycles. The molecule has 0 saturated carbocycles. The van der Waals surface area contributed by atoms with E-state index in [-0.39, 0.29) is 11.5 Å². The Morgan fingerprint density at radius 1 is 0.900 bits per heavy atom. The van der Waals surface area contributed by atoms with Crippen LogP contribution < -0.4 is 9.78 Å². The van der Waals surface area contributed by atoms with Gasteiger partial charge in [0.15, 0.2) is 0 Å². The molecule has 0 spiro atoms. The summed E-state index contributed by atoms with van der Waals surface area (Å²) in [6.45, 7) is 0. The van der Waals surface area contributed by atoms with Gasteiger partial charge in [0.05, 0.1) is 0 Å². The van der Waals surface area contributed by atoms with E-state index in [0.29, 0.717) is 0 Å². The fourth-order valence-corrected chi connectivity index (χ4v) is 0.601. The largest absolute Gasteiger partial charge is 0.336 e. The molecule has 0 atom stereocenters. The molecule has 0 fully saturated rings. The molecule has 0 unspecified atom stereocenters. The minimum Gasteiger partial charge on any atom is -0.336 e. The van der Waals surface area contributed by atoms with Gasteiger partial charge in [-0.2, -0.15) is 0 Å². The van der Waals surface area contributed by atoms with Crippen molar-refractivity contribution in [3.63, 3.8) is 0 Å². The van der Waals surface area contributed by atoms with Crippen molar-refractivity contribution < 1.29 is 20.3 Å². The number of benzene rings is 1. The van der Waals surface area contributed by atoms with E-state index < -0.39 is 0 Å². The van der Waals surface area contributed by atoms with Crippen LogP contribution in [-0.4, -0.2) is 10.5 Å². The Morgan fingerprint density at radius 3 is 1.60 bits per heavy atom. The maximum Gasteiger partial charge on any atom is 0.211 e. The normalized spacial score (nSPS) is 9.00. The molecule has 4 heteroatoms. The first-order valence-electron chi connectivity index (χ1n) is 2.60. The van der Waals surface area contributed by atoms with Gasteiger partial charge in [-0.25, -0.2) is 10.5 Å². The standard InChI is InChI=1S/C6H6O4/c7-9-5-3-1-2-4-6(5)10-8/h1-4,7-8H. The van der Waals surface area contributed by atoms with Crippen molar-refractivity contribution >= 4 is 0 Å². The Morgan fingerprint density at radius 2 is 1.30 bits per heavy atom. The van der Waals surface area contributed by atoms with Crippen LogP contribution >= 0.6 is 0 Å². The van der Waals surface area contributed by atoms with E-state index in [9.17, 15) is 0 Å². The Kier molecular flexibility index (Phi) is 2.09. The summed E-state index contributed by atoms with van der Waals surface area (Å²) in [6, 6.07) is 6.17. The van der Waals surface area contributed by atoms with Crippen LogP contribution in [0.5, 0.6) is 11.5 Å². The van der Waals surface area contributed by atoms with Gasteiger partial charge in [0.1, 0.15) is 0 Å². The predicted molar refractivity (Wildman–Crippen MR) is 33.0 cm³/mol. The second kappa shape index (κ2) is 3.05. The first-order chi connectivity index (χ1) is 4.88. The summed E-state index contributed by atoms with van der Waals surface area (Å²) >= 11 is 0. The van der Waals surface area contributed by atoms with Crippen LogP contribution in [0.3, 0.4) is 0 Å². The lowest BCUT2D eigenvalue weighted by Crippen LogP contribution is -1.89. The summed E-state index contributed by atoms with van der Waals surface area (Å²) in [5.41, 5.74) is 0. The Balaban J connectivity index is 2.96. The number of hydrogen-bond acceptors (Lipinski definition) is 4. The molecule has 0 aliphatic carbocycles. The lowest BCUT2D eigenvalue weighted by molar-refractivity contribution is -0.164. The second-order valence-electron chi connectivity index (χ2n) is 1.63. The summed E-state index contributed by atoms with van der Waals surface area (Å²) < 4.78 is 0. The van der Waals surface area contributed by atoms with E-state index in [4.69, 9.17) is 10.5 Å². The molecule has 0 bridgehead atoms. The third kappa shape index (κ3) is 1.18. The van der Waals surface area contributed by atoms with Gasteiger partial charge in [-0.05, 0) is 12.1 Å². The third-order valence-electron chi connectivity index (χ3n) is 1.05. The van der Waals surface area contributed by atoms with Crippen LogP contribution in [0.2, 0.25) is 0 Å². The minimum atomic E-state index is 0.0741. The summed E-state index contributed by atoms with van der Waals surface area (Å²) in [5, 5.41) is 16.3. The van der Waals surface area contributed by atoms with Gasteiger partial charge in [-0.15, -0.1) is 0 Å². The molecular weight excluding hydrogens is 136 g/mol. The lowest BCUT2D eigenvalue weighted by atomic mass is 10.3. The van der Waals surface area contributed by atoms with Crippen molar-refractivity contribution in [3.8, 4) is 11.5 Å². The molecule has 2 N–H and O–H groups in total. The summed E-state index contributed by atoms with van der Waals surface area (Å²) in [7, 11) is 0. The molecule has 4 nitrogen and oxygen atoms in total. The van der Waals surface area contributed by atoms with Gasteiger partial charge in [0.2, 0.25) is 11.5 Å². The lowest BCUT2D eigenvalue weighted by Gasteiger charge is -1.99. The molecule has 1 aromatic carbocycles. The van der Waals surface area contributed by atoms with Crippen molar-refractivity contribution in [2.75, 3.05) is 0 Å². The molecule has 54 valence electrons. The fraction of sp³-hybridized carbons (Fsp3) is 0. The molecule has 0 heterocycles. The minimum absolute atomic E-state index is 0.0741. The van der Waals surface area contributed by atoms with Gasteiger partial charge >= 0.3 is 0 Å². The predicted octanol–water partition coefficient (Wildman–Crippen LogP) is 1.39. The topological polar surface area (TPSA) is 58.9 Å². The van der Waals surface area contributed by atoms with Crippen LogP contribution in [0.1, 0.15) is 0 Å². The van der Waals surface area contributed by atoms with Gasteiger partial charge < -0.3 is 9.78 Å². The molecule has 1 aromatic rings. The van der Waals surface area contributed by atoms with Crippen LogP contribution in [0, 0.1) is 0 Å². The molecule has 0 aliphatic heterocycles. The first-order valence-corrected chi connectivity index (χ1v) is 2.60. The van der Waals surface area contributed by atoms with Crippen LogP contribution in [0.15, 0.2) is 24.3 Å². The van der Waals surface area contributed by atoms with Crippen LogP contribution in [-0.2, 0) is 0 Å². The first kappa shape index (κ1) is 6.85. The van der Waals surface area contributed by atoms with E-state index in [1.165, 1.54) is 12.1 Å². The van der Waals surface area contributed by atoms with E-state index in [1.54, 1.807) is 12.1 Å². The smallest absolute Gasteiger partial charge is 0.211 e. The van der Waals surface area contributed by atoms with Crippen molar-refractivity contribution in [1.82, 2.24) is 0 Å². The highest BCUT2D eigenvalue weighted by molar-refractivity contribution is 5.38. The monoisotopic (exact) mass is 142 g/mol. The molecule has 0 saturated heterocycles. The average Bonchev–Trinajstić information content (AvgIpc) is 2.04. The molecule has 0 amide bonds. The molecule has 10 heavy (non-hydrogen) atoms. The highest BCUT2D eigenvalue weighted by atomic mass is 17.1. The summed E-state index contributed by atoms with van der Waals surface area (Å²) in [4.78, 5) is 7.70. The Bertz CT molecular complexity index is 188. The number of rotatable bonds is 2. The van der Waals surface area contributed by atoms with Gasteiger partial charge in [0, 0.05) is 0 Å². The van der Waals surface area contributed by atoms with E-state index in [0.717, 1.165) is 0 Å². The van der Waals surface area contributed by atoms with E-state index >= 15 is 0 Å². The summed E-state index contributed by atoms with van der Waals surface area (Å²) in [6.07, 6.45) is 0.